The Hall–Kier alpha value is -1.89. The molecular weight excluding hydrogens is 364 g/mol. The van der Waals surface area contributed by atoms with Crippen molar-refractivity contribution in [1.29, 1.82) is 0 Å². The van der Waals surface area contributed by atoms with Crippen LogP contribution in [0.1, 0.15) is 39.2 Å². The molecule has 0 aliphatic carbocycles. The van der Waals surface area contributed by atoms with E-state index in [0.717, 1.165) is 23.5 Å². The Morgan fingerprint density at radius 2 is 2.04 bits per heavy atom. The Morgan fingerprint density at radius 1 is 1.30 bits per heavy atom. The van der Waals surface area contributed by atoms with Gasteiger partial charge >= 0.3 is 0 Å². The van der Waals surface area contributed by atoms with E-state index in [4.69, 9.17) is 9.47 Å². The molecule has 2 aliphatic heterocycles. The summed E-state index contributed by atoms with van der Waals surface area (Å²) in [6, 6.07) is 5.52. The zero-order valence-electron chi connectivity index (χ0n) is 16.2. The first kappa shape index (κ1) is 19.9. The molecule has 0 bridgehead atoms. The maximum Gasteiger partial charge on any atom is 0.243 e. The van der Waals surface area contributed by atoms with Gasteiger partial charge in [0.2, 0.25) is 11.8 Å². The molecule has 6 nitrogen and oxygen atoms in total. The average molecular weight is 393 g/mol. The van der Waals surface area contributed by atoms with Gasteiger partial charge in [0.15, 0.2) is 11.5 Å². The summed E-state index contributed by atoms with van der Waals surface area (Å²) in [5, 5.41) is 3.00. The topological polar surface area (TPSA) is 67.9 Å². The lowest BCUT2D eigenvalue weighted by Crippen LogP contribution is -2.50. The van der Waals surface area contributed by atoms with Crippen LogP contribution in [0.25, 0.3) is 0 Å². The first-order chi connectivity index (χ1) is 13.0. The van der Waals surface area contributed by atoms with E-state index in [1.807, 2.05) is 32.0 Å². The van der Waals surface area contributed by atoms with Crippen molar-refractivity contribution in [3.05, 3.63) is 23.8 Å². The van der Waals surface area contributed by atoms with Crippen LogP contribution in [0.2, 0.25) is 0 Å². The molecule has 2 aliphatic rings. The smallest absolute Gasteiger partial charge is 0.243 e. The van der Waals surface area contributed by atoms with E-state index in [0.29, 0.717) is 38.4 Å². The van der Waals surface area contributed by atoms with Crippen LogP contribution in [-0.2, 0) is 16.0 Å². The fraction of sp³-hybridized carbons (Fsp3) is 0.600. The second kappa shape index (κ2) is 8.42. The van der Waals surface area contributed by atoms with E-state index >= 15 is 0 Å². The number of rotatable bonds is 8. The van der Waals surface area contributed by atoms with Crippen molar-refractivity contribution in [3.8, 4) is 11.5 Å². The summed E-state index contributed by atoms with van der Waals surface area (Å²) in [6.07, 6.45) is 2.07. The second-order valence-electron chi connectivity index (χ2n) is 6.95. The van der Waals surface area contributed by atoms with Gasteiger partial charge < -0.3 is 19.7 Å². The van der Waals surface area contributed by atoms with Gasteiger partial charge in [0.1, 0.15) is 6.04 Å². The molecule has 27 heavy (non-hydrogen) atoms. The Kier molecular flexibility index (Phi) is 6.19. The molecule has 0 radical (unpaired) electrons. The number of carbonyl (C=O) groups excluding carboxylic acids is 2. The third kappa shape index (κ3) is 4.18. The van der Waals surface area contributed by atoms with E-state index in [2.05, 4.69) is 12.2 Å². The highest BCUT2D eigenvalue weighted by Gasteiger charge is 2.52. The van der Waals surface area contributed by atoms with E-state index in [1.165, 1.54) is 0 Å². The minimum Gasteiger partial charge on any atom is -0.490 e. The predicted molar refractivity (Wildman–Crippen MR) is 106 cm³/mol. The third-order valence-corrected chi connectivity index (χ3v) is 6.57. The maximum atomic E-state index is 12.6. The normalized spacial score (nSPS) is 24.0. The number of fused-ring (bicyclic) bond motifs is 1. The van der Waals surface area contributed by atoms with Gasteiger partial charge in [-0.3, -0.25) is 9.59 Å². The van der Waals surface area contributed by atoms with Gasteiger partial charge in [0, 0.05) is 18.7 Å². The van der Waals surface area contributed by atoms with Gasteiger partial charge in [-0.25, -0.2) is 0 Å². The van der Waals surface area contributed by atoms with Gasteiger partial charge in [-0.15, -0.1) is 11.8 Å². The van der Waals surface area contributed by atoms with Crippen LogP contribution < -0.4 is 14.8 Å². The van der Waals surface area contributed by atoms with E-state index in [1.54, 1.807) is 16.7 Å². The Morgan fingerprint density at radius 3 is 2.78 bits per heavy atom. The van der Waals surface area contributed by atoms with Crippen LogP contribution in [0.15, 0.2) is 18.2 Å². The highest BCUT2D eigenvalue weighted by Crippen LogP contribution is 2.47. The zero-order chi connectivity index (χ0) is 19.4. The largest absolute Gasteiger partial charge is 0.490 e. The van der Waals surface area contributed by atoms with E-state index in [9.17, 15) is 9.59 Å². The van der Waals surface area contributed by atoms with Gasteiger partial charge in [-0.05, 0) is 51.3 Å². The van der Waals surface area contributed by atoms with Crippen molar-refractivity contribution >= 4 is 23.6 Å². The standard InChI is InChI=1S/C20H28N2O4S/c1-4-25-16-7-6-14(12-17(16)26-5-2)9-11-21-19(24)15-13-27-20(3)10-8-18(23)22(15)20/h6-7,12,15H,4-5,8-11,13H2,1-3H3,(H,21,24)/t15-,20+/m1/s1. The maximum absolute atomic E-state index is 12.6. The fourth-order valence-electron chi connectivity index (χ4n) is 3.71. The number of benzene rings is 1. The molecule has 2 heterocycles. The summed E-state index contributed by atoms with van der Waals surface area (Å²) in [4.78, 5) is 26.4. The number of hydrogen-bond acceptors (Lipinski definition) is 5. The summed E-state index contributed by atoms with van der Waals surface area (Å²) in [6.45, 7) is 7.63. The second-order valence-corrected chi connectivity index (χ2v) is 8.46. The van der Waals surface area contributed by atoms with Crippen LogP contribution in [-0.4, -0.2) is 53.1 Å². The molecule has 2 fully saturated rings. The number of amides is 2. The van der Waals surface area contributed by atoms with Crippen LogP contribution in [0.5, 0.6) is 11.5 Å². The van der Waals surface area contributed by atoms with Gasteiger partial charge in [0.25, 0.3) is 0 Å². The molecule has 2 atom stereocenters. The summed E-state index contributed by atoms with van der Waals surface area (Å²) in [5.74, 6) is 2.18. The Bertz CT molecular complexity index is 711. The summed E-state index contributed by atoms with van der Waals surface area (Å²) in [7, 11) is 0. The minimum absolute atomic E-state index is 0.0579. The molecule has 0 saturated carbocycles. The molecule has 1 aromatic rings. The molecule has 7 heteroatoms. The summed E-state index contributed by atoms with van der Waals surface area (Å²) < 4.78 is 11.2. The van der Waals surface area contributed by atoms with Crippen molar-refractivity contribution in [3.63, 3.8) is 0 Å². The van der Waals surface area contributed by atoms with Crippen LogP contribution >= 0.6 is 11.8 Å². The first-order valence-electron chi connectivity index (χ1n) is 9.61. The van der Waals surface area contributed by atoms with Crippen molar-refractivity contribution in [1.82, 2.24) is 10.2 Å². The number of ether oxygens (including phenoxy) is 2. The monoisotopic (exact) mass is 392 g/mol. The van der Waals surface area contributed by atoms with E-state index in [-0.39, 0.29) is 22.7 Å². The number of hydrogen-bond donors (Lipinski definition) is 1. The van der Waals surface area contributed by atoms with Crippen molar-refractivity contribution in [2.75, 3.05) is 25.5 Å². The van der Waals surface area contributed by atoms with E-state index < -0.39 is 0 Å². The molecule has 0 unspecified atom stereocenters. The van der Waals surface area contributed by atoms with Gasteiger partial charge in [-0.1, -0.05) is 6.07 Å². The Balaban J connectivity index is 1.56. The van der Waals surface area contributed by atoms with Crippen LogP contribution in [0.4, 0.5) is 0 Å². The molecule has 148 valence electrons. The first-order valence-corrected chi connectivity index (χ1v) is 10.6. The number of nitrogens with zero attached hydrogens (tertiary/aromatic N) is 1. The third-order valence-electron chi connectivity index (χ3n) is 5.07. The van der Waals surface area contributed by atoms with Gasteiger partial charge in [0.05, 0.1) is 18.1 Å². The Labute approximate surface area is 165 Å². The molecule has 2 saturated heterocycles. The highest BCUT2D eigenvalue weighted by atomic mass is 32.2. The lowest BCUT2D eigenvalue weighted by Gasteiger charge is -2.29. The number of carbonyl (C=O) groups is 2. The minimum atomic E-state index is -0.352. The number of nitrogens with one attached hydrogen (secondary N) is 1. The van der Waals surface area contributed by atoms with Crippen molar-refractivity contribution in [2.45, 2.75) is 50.9 Å². The molecular formula is C20H28N2O4S. The number of thioether (sulfide) groups is 1. The van der Waals surface area contributed by atoms with Crippen LogP contribution in [0.3, 0.4) is 0 Å². The molecule has 2 amide bonds. The molecule has 1 aromatic carbocycles. The summed E-state index contributed by atoms with van der Waals surface area (Å²) >= 11 is 1.71. The lowest BCUT2D eigenvalue weighted by molar-refractivity contribution is -0.137. The summed E-state index contributed by atoms with van der Waals surface area (Å²) in [5.41, 5.74) is 1.07. The average Bonchev–Trinajstić information content (AvgIpc) is 3.13. The predicted octanol–water partition coefficient (Wildman–Crippen LogP) is 2.60. The van der Waals surface area contributed by atoms with Crippen molar-refractivity contribution < 1.29 is 19.1 Å². The van der Waals surface area contributed by atoms with Crippen molar-refractivity contribution in [2.24, 2.45) is 0 Å². The highest BCUT2D eigenvalue weighted by molar-refractivity contribution is 8.01. The molecule has 1 N–H and O–H groups in total. The fourth-order valence-corrected chi connectivity index (χ4v) is 5.15. The lowest BCUT2D eigenvalue weighted by atomic mass is 10.1. The SMILES string of the molecule is CCOc1ccc(CCNC(=O)[C@H]2CS[C@@]3(C)CCC(=O)N23)cc1OCC. The quantitative estimate of drug-likeness (QED) is 0.737. The molecule has 0 aromatic heterocycles. The molecule has 0 spiro atoms. The van der Waals surface area contributed by atoms with Crippen LogP contribution in [0, 0.1) is 0 Å². The van der Waals surface area contributed by atoms with Gasteiger partial charge in [-0.2, -0.15) is 0 Å². The molecule has 3 rings (SSSR count). The zero-order valence-corrected chi connectivity index (χ0v) is 17.1.